The highest BCUT2D eigenvalue weighted by atomic mass is 32.1. The largest absolute Gasteiger partial charge is 0.307 e. The van der Waals surface area contributed by atoms with Crippen LogP contribution in [-0.2, 0) is 0 Å². The lowest BCUT2D eigenvalue weighted by molar-refractivity contribution is 0.0975. The molecule has 0 atom stereocenters. The molecule has 1 aromatic carbocycles. The van der Waals surface area contributed by atoms with Crippen molar-refractivity contribution in [2.45, 2.75) is 19.8 Å². The van der Waals surface area contributed by atoms with Gasteiger partial charge in [0.2, 0.25) is 0 Å². The van der Waals surface area contributed by atoms with Crippen molar-refractivity contribution in [2.75, 3.05) is 11.4 Å². The van der Waals surface area contributed by atoms with E-state index in [1.807, 2.05) is 25.1 Å². The number of para-hydroxylation sites is 1. The van der Waals surface area contributed by atoms with Gasteiger partial charge in [0.15, 0.2) is 5.78 Å². The number of aryl methyl sites for hydroxylation is 1. The van der Waals surface area contributed by atoms with Gasteiger partial charge in [-0.1, -0.05) is 12.1 Å². The van der Waals surface area contributed by atoms with Crippen LogP contribution < -0.4 is 4.90 Å². The zero-order chi connectivity index (χ0) is 14.1. The maximum Gasteiger partial charge on any atom is 0.270 e. The Morgan fingerprint density at radius 3 is 2.90 bits per heavy atom. The molecule has 0 N–H and O–H groups in total. The summed E-state index contributed by atoms with van der Waals surface area (Å²) in [6, 6.07) is 7.32. The SMILES string of the molecule is Cc1ncc(C(=O)N2CCCC(=O)c3ccccc32)s1. The Bertz CT molecular complexity index is 678. The van der Waals surface area contributed by atoms with Crippen LogP contribution in [0.25, 0.3) is 0 Å². The standard InChI is InChI=1S/C15H14N2O2S/c1-10-16-9-14(20-10)15(19)17-8-4-7-13(18)11-5-2-3-6-12(11)17/h2-3,5-6,9H,4,7-8H2,1H3. The van der Waals surface area contributed by atoms with E-state index in [2.05, 4.69) is 4.98 Å². The molecule has 0 aliphatic carbocycles. The van der Waals surface area contributed by atoms with Crippen molar-refractivity contribution in [1.82, 2.24) is 4.98 Å². The minimum atomic E-state index is -0.0715. The summed E-state index contributed by atoms with van der Waals surface area (Å²) in [6.07, 6.45) is 2.79. The smallest absolute Gasteiger partial charge is 0.270 e. The predicted octanol–water partition coefficient (Wildman–Crippen LogP) is 3.07. The van der Waals surface area contributed by atoms with Gasteiger partial charge in [0.05, 0.1) is 16.9 Å². The summed E-state index contributed by atoms with van der Waals surface area (Å²) in [5.74, 6) is 0.0362. The third-order valence-electron chi connectivity index (χ3n) is 3.36. The third kappa shape index (κ3) is 2.25. The first-order chi connectivity index (χ1) is 9.66. The molecule has 3 rings (SSSR count). The molecule has 4 nitrogen and oxygen atoms in total. The Hall–Kier alpha value is -2.01. The molecule has 0 bridgehead atoms. The minimum Gasteiger partial charge on any atom is -0.307 e. The molecule has 20 heavy (non-hydrogen) atoms. The number of thiazole rings is 1. The molecule has 0 spiro atoms. The van der Waals surface area contributed by atoms with Gasteiger partial charge in [-0.3, -0.25) is 9.59 Å². The van der Waals surface area contributed by atoms with E-state index in [0.29, 0.717) is 35.5 Å². The fourth-order valence-corrected chi connectivity index (χ4v) is 3.13. The van der Waals surface area contributed by atoms with Gasteiger partial charge in [0, 0.05) is 18.5 Å². The van der Waals surface area contributed by atoms with Gasteiger partial charge in [0.1, 0.15) is 4.88 Å². The number of fused-ring (bicyclic) bond motifs is 1. The average Bonchev–Trinajstić information content (AvgIpc) is 2.82. The van der Waals surface area contributed by atoms with Crippen molar-refractivity contribution in [2.24, 2.45) is 0 Å². The summed E-state index contributed by atoms with van der Waals surface area (Å²) in [4.78, 5) is 31.1. The number of ketones is 1. The number of anilines is 1. The number of hydrogen-bond acceptors (Lipinski definition) is 4. The number of Topliss-reactive ketones (excluding diaryl/α,β-unsaturated/α-hetero) is 1. The van der Waals surface area contributed by atoms with Crippen molar-refractivity contribution in [3.63, 3.8) is 0 Å². The second kappa shape index (κ2) is 5.17. The van der Waals surface area contributed by atoms with Gasteiger partial charge in [-0.05, 0) is 25.5 Å². The van der Waals surface area contributed by atoms with E-state index in [1.165, 1.54) is 11.3 Å². The van der Waals surface area contributed by atoms with E-state index in [1.54, 1.807) is 17.2 Å². The van der Waals surface area contributed by atoms with Gasteiger partial charge in [0.25, 0.3) is 5.91 Å². The van der Waals surface area contributed by atoms with Crippen LogP contribution >= 0.6 is 11.3 Å². The van der Waals surface area contributed by atoms with Crippen molar-refractivity contribution >= 4 is 28.7 Å². The lowest BCUT2D eigenvalue weighted by Crippen LogP contribution is -2.31. The molecule has 102 valence electrons. The topological polar surface area (TPSA) is 50.3 Å². The maximum absolute atomic E-state index is 12.6. The Balaban J connectivity index is 2.03. The monoisotopic (exact) mass is 286 g/mol. The van der Waals surface area contributed by atoms with Crippen molar-refractivity contribution in [1.29, 1.82) is 0 Å². The summed E-state index contributed by atoms with van der Waals surface area (Å²) >= 11 is 1.38. The second-order valence-corrected chi connectivity index (χ2v) is 5.98. The van der Waals surface area contributed by atoms with E-state index in [9.17, 15) is 9.59 Å². The lowest BCUT2D eigenvalue weighted by Gasteiger charge is -2.21. The zero-order valence-corrected chi connectivity index (χ0v) is 11.9. The molecule has 0 unspecified atom stereocenters. The summed E-state index contributed by atoms with van der Waals surface area (Å²) in [5, 5.41) is 0.868. The molecule has 1 amide bonds. The number of rotatable bonds is 1. The number of carbonyl (C=O) groups is 2. The molecule has 1 aromatic heterocycles. The highest BCUT2D eigenvalue weighted by Crippen LogP contribution is 2.28. The number of amides is 1. The first-order valence-electron chi connectivity index (χ1n) is 6.53. The second-order valence-electron chi connectivity index (χ2n) is 4.74. The summed E-state index contributed by atoms with van der Waals surface area (Å²) < 4.78 is 0. The molecular weight excluding hydrogens is 272 g/mol. The van der Waals surface area contributed by atoms with Gasteiger partial charge in [-0.15, -0.1) is 11.3 Å². The highest BCUT2D eigenvalue weighted by Gasteiger charge is 2.26. The van der Waals surface area contributed by atoms with Gasteiger partial charge in [-0.25, -0.2) is 4.98 Å². The van der Waals surface area contributed by atoms with Crippen LogP contribution in [0.5, 0.6) is 0 Å². The molecular formula is C15H14N2O2S. The number of aromatic nitrogens is 1. The van der Waals surface area contributed by atoms with E-state index in [0.717, 1.165) is 5.01 Å². The van der Waals surface area contributed by atoms with Crippen LogP contribution in [-0.4, -0.2) is 23.2 Å². The minimum absolute atomic E-state index is 0.0715. The van der Waals surface area contributed by atoms with E-state index in [4.69, 9.17) is 0 Å². The van der Waals surface area contributed by atoms with E-state index >= 15 is 0 Å². The predicted molar refractivity (Wildman–Crippen MR) is 78.5 cm³/mol. The van der Waals surface area contributed by atoms with Gasteiger partial charge in [-0.2, -0.15) is 0 Å². The molecule has 2 aromatic rings. The molecule has 1 aliphatic heterocycles. The number of benzene rings is 1. The summed E-state index contributed by atoms with van der Waals surface area (Å²) in [6.45, 7) is 2.44. The van der Waals surface area contributed by atoms with Gasteiger partial charge < -0.3 is 4.90 Å². The Labute approximate surface area is 121 Å². The van der Waals surface area contributed by atoms with Crippen LogP contribution in [0.3, 0.4) is 0 Å². The van der Waals surface area contributed by atoms with Crippen LogP contribution in [0.1, 0.15) is 37.9 Å². The fourth-order valence-electron chi connectivity index (χ4n) is 2.40. The van der Waals surface area contributed by atoms with E-state index in [-0.39, 0.29) is 11.7 Å². The van der Waals surface area contributed by atoms with Crippen LogP contribution in [0, 0.1) is 6.92 Å². The molecule has 0 saturated heterocycles. The van der Waals surface area contributed by atoms with Crippen LogP contribution in [0.15, 0.2) is 30.5 Å². The lowest BCUT2D eigenvalue weighted by atomic mass is 10.1. The summed E-state index contributed by atoms with van der Waals surface area (Å²) in [5.41, 5.74) is 1.35. The Kier molecular flexibility index (Phi) is 3.36. The highest BCUT2D eigenvalue weighted by molar-refractivity contribution is 7.13. The van der Waals surface area contributed by atoms with Crippen LogP contribution in [0.4, 0.5) is 5.69 Å². The van der Waals surface area contributed by atoms with Crippen molar-refractivity contribution in [3.8, 4) is 0 Å². The molecule has 0 fully saturated rings. The van der Waals surface area contributed by atoms with E-state index < -0.39 is 0 Å². The Morgan fingerprint density at radius 2 is 2.15 bits per heavy atom. The van der Waals surface area contributed by atoms with Crippen molar-refractivity contribution in [3.05, 3.63) is 45.9 Å². The zero-order valence-electron chi connectivity index (χ0n) is 11.1. The number of carbonyl (C=O) groups excluding carboxylic acids is 2. The summed E-state index contributed by atoms with van der Waals surface area (Å²) in [7, 11) is 0. The van der Waals surface area contributed by atoms with Gasteiger partial charge >= 0.3 is 0 Å². The number of hydrogen-bond donors (Lipinski definition) is 0. The molecule has 1 aliphatic rings. The molecule has 0 radical (unpaired) electrons. The fraction of sp³-hybridized carbons (Fsp3) is 0.267. The van der Waals surface area contributed by atoms with Crippen LogP contribution in [0.2, 0.25) is 0 Å². The molecule has 0 saturated carbocycles. The number of nitrogens with zero attached hydrogens (tertiary/aromatic N) is 2. The normalized spacial score (nSPS) is 14.8. The third-order valence-corrected chi connectivity index (χ3v) is 4.26. The Morgan fingerprint density at radius 1 is 1.35 bits per heavy atom. The molecule has 2 heterocycles. The first-order valence-corrected chi connectivity index (χ1v) is 7.35. The average molecular weight is 286 g/mol. The first kappa shape index (κ1) is 13.0. The molecule has 5 heteroatoms. The van der Waals surface area contributed by atoms with Crippen molar-refractivity contribution < 1.29 is 9.59 Å². The quantitative estimate of drug-likeness (QED) is 0.809. The maximum atomic E-state index is 12.6.